The smallest absolute Gasteiger partial charge is 0.0624 e. The van der Waals surface area contributed by atoms with Crippen LogP contribution in [0.4, 0.5) is 0 Å². The molecule has 1 heteroatoms. The minimum absolute atomic E-state index is 0.550. The molecule has 0 aromatic carbocycles. The molecule has 0 bridgehead atoms. The highest BCUT2D eigenvalue weighted by Crippen LogP contribution is 2.59. The zero-order chi connectivity index (χ0) is 11.8. The van der Waals surface area contributed by atoms with E-state index in [0.29, 0.717) is 11.3 Å². The van der Waals surface area contributed by atoms with E-state index in [1.54, 1.807) is 0 Å². The molecule has 0 N–H and O–H groups in total. The molecule has 2 fully saturated rings. The van der Waals surface area contributed by atoms with Crippen molar-refractivity contribution in [1.29, 1.82) is 5.26 Å². The summed E-state index contributed by atoms with van der Waals surface area (Å²) in [6.07, 6.45) is 7.78. The quantitative estimate of drug-likeness (QED) is 0.675. The number of hydrogen-bond donors (Lipinski definition) is 0. The van der Waals surface area contributed by atoms with E-state index in [1.807, 2.05) is 0 Å². The van der Waals surface area contributed by atoms with Crippen LogP contribution in [-0.4, -0.2) is 0 Å². The van der Waals surface area contributed by atoms with Crippen LogP contribution in [-0.2, 0) is 0 Å². The largest absolute Gasteiger partial charge is 0.198 e. The zero-order valence-corrected chi connectivity index (χ0v) is 11.0. The molecule has 16 heavy (non-hydrogen) atoms. The molecule has 0 spiro atoms. The summed E-state index contributed by atoms with van der Waals surface area (Å²) in [6, 6.07) is 2.37. The van der Waals surface area contributed by atoms with Gasteiger partial charge in [-0.15, -0.1) is 0 Å². The van der Waals surface area contributed by atoms with E-state index in [1.165, 1.54) is 32.1 Å². The van der Waals surface area contributed by atoms with Crippen molar-refractivity contribution in [2.24, 2.45) is 29.1 Å². The van der Waals surface area contributed by atoms with Gasteiger partial charge in [-0.05, 0) is 48.3 Å². The summed E-state index contributed by atoms with van der Waals surface area (Å²) in [4.78, 5) is 0. The van der Waals surface area contributed by atoms with Crippen molar-refractivity contribution in [3.8, 4) is 6.07 Å². The molecular formula is C15H25N. The molecule has 2 saturated carbocycles. The second-order valence-electron chi connectivity index (χ2n) is 6.51. The predicted molar refractivity (Wildman–Crippen MR) is 66.7 cm³/mol. The second-order valence-corrected chi connectivity index (χ2v) is 6.51. The first-order valence-electron chi connectivity index (χ1n) is 6.96. The molecule has 2 aliphatic rings. The van der Waals surface area contributed by atoms with Gasteiger partial charge in [0.2, 0.25) is 0 Å². The SMILES string of the molecule is CC1CCC[C@@]2(C)C1CCC2[C@@H](C)CC#N. The number of rotatable bonds is 2. The van der Waals surface area contributed by atoms with Gasteiger partial charge < -0.3 is 0 Å². The lowest BCUT2D eigenvalue weighted by Gasteiger charge is -2.45. The fourth-order valence-corrected chi connectivity index (χ4v) is 4.83. The lowest BCUT2D eigenvalue weighted by molar-refractivity contribution is 0.0378. The van der Waals surface area contributed by atoms with Gasteiger partial charge in [-0.3, -0.25) is 0 Å². The zero-order valence-electron chi connectivity index (χ0n) is 11.0. The van der Waals surface area contributed by atoms with E-state index < -0.39 is 0 Å². The molecule has 2 aliphatic carbocycles. The number of hydrogen-bond acceptors (Lipinski definition) is 1. The number of nitriles is 1. The van der Waals surface area contributed by atoms with E-state index >= 15 is 0 Å². The Morgan fingerprint density at radius 1 is 1.38 bits per heavy atom. The molecule has 0 aromatic heterocycles. The lowest BCUT2D eigenvalue weighted by Crippen LogP contribution is -2.38. The maximum absolute atomic E-state index is 8.88. The van der Waals surface area contributed by atoms with Gasteiger partial charge in [0.1, 0.15) is 0 Å². The maximum atomic E-state index is 8.88. The van der Waals surface area contributed by atoms with E-state index in [0.717, 1.165) is 24.2 Å². The minimum Gasteiger partial charge on any atom is -0.198 e. The summed E-state index contributed by atoms with van der Waals surface area (Å²) in [5.41, 5.74) is 0.550. The first kappa shape index (κ1) is 12.0. The third kappa shape index (κ3) is 1.77. The summed E-state index contributed by atoms with van der Waals surface area (Å²) in [7, 11) is 0. The third-order valence-electron chi connectivity index (χ3n) is 5.64. The first-order chi connectivity index (χ1) is 7.59. The first-order valence-corrected chi connectivity index (χ1v) is 6.96. The van der Waals surface area contributed by atoms with E-state index in [2.05, 4.69) is 26.8 Å². The van der Waals surface area contributed by atoms with Gasteiger partial charge in [-0.25, -0.2) is 0 Å². The summed E-state index contributed by atoms with van der Waals surface area (Å²) < 4.78 is 0. The maximum Gasteiger partial charge on any atom is 0.0624 e. The molecule has 0 radical (unpaired) electrons. The Hall–Kier alpha value is -0.510. The monoisotopic (exact) mass is 219 g/mol. The van der Waals surface area contributed by atoms with Crippen molar-refractivity contribution in [2.45, 2.75) is 59.3 Å². The Balaban J connectivity index is 2.15. The Bertz CT molecular complexity index is 290. The molecule has 90 valence electrons. The minimum atomic E-state index is 0.550. The summed E-state index contributed by atoms with van der Waals surface area (Å²) in [6.45, 7) is 7.25. The molecule has 0 aliphatic heterocycles. The van der Waals surface area contributed by atoms with Crippen molar-refractivity contribution in [3.05, 3.63) is 0 Å². The van der Waals surface area contributed by atoms with E-state index in [4.69, 9.17) is 5.26 Å². The van der Waals surface area contributed by atoms with E-state index in [9.17, 15) is 0 Å². The Morgan fingerprint density at radius 3 is 2.81 bits per heavy atom. The van der Waals surface area contributed by atoms with Crippen molar-refractivity contribution < 1.29 is 0 Å². The molecule has 0 saturated heterocycles. The van der Waals surface area contributed by atoms with Crippen LogP contribution in [0.1, 0.15) is 59.3 Å². The van der Waals surface area contributed by atoms with Crippen LogP contribution in [0.5, 0.6) is 0 Å². The highest BCUT2D eigenvalue weighted by atomic mass is 14.6. The van der Waals surface area contributed by atoms with Crippen molar-refractivity contribution >= 4 is 0 Å². The molecule has 1 nitrogen and oxygen atoms in total. The average Bonchev–Trinajstić information content (AvgIpc) is 2.57. The van der Waals surface area contributed by atoms with Crippen LogP contribution in [0.15, 0.2) is 0 Å². The van der Waals surface area contributed by atoms with Crippen molar-refractivity contribution in [1.82, 2.24) is 0 Å². The fourth-order valence-electron chi connectivity index (χ4n) is 4.83. The van der Waals surface area contributed by atoms with Crippen LogP contribution in [0.25, 0.3) is 0 Å². The molecule has 0 aromatic rings. The Labute approximate surface area is 100 Å². The van der Waals surface area contributed by atoms with Crippen LogP contribution in [0.2, 0.25) is 0 Å². The highest BCUT2D eigenvalue weighted by molar-refractivity contribution is 5.01. The lowest BCUT2D eigenvalue weighted by atomic mass is 9.59. The van der Waals surface area contributed by atoms with Crippen LogP contribution < -0.4 is 0 Å². The Kier molecular flexibility index (Phi) is 3.29. The van der Waals surface area contributed by atoms with Crippen molar-refractivity contribution in [3.63, 3.8) is 0 Å². The normalized spacial score (nSPS) is 44.8. The van der Waals surface area contributed by atoms with Crippen LogP contribution >= 0.6 is 0 Å². The summed E-state index contributed by atoms with van der Waals surface area (Å²) >= 11 is 0. The highest BCUT2D eigenvalue weighted by Gasteiger charge is 2.51. The van der Waals surface area contributed by atoms with Gasteiger partial charge in [0.25, 0.3) is 0 Å². The van der Waals surface area contributed by atoms with Gasteiger partial charge in [-0.2, -0.15) is 5.26 Å². The van der Waals surface area contributed by atoms with Gasteiger partial charge >= 0.3 is 0 Å². The molecule has 3 unspecified atom stereocenters. The Morgan fingerprint density at radius 2 is 2.12 bits per heavy atom. The van der Waals surface area contributed by atoms with Crippen LogP contribution in [0.3, 0.4) is 0 Å². The van der Waals surface area contributed by atoms with Gasteiger partial charge in [0.05, 0.1) is 6.07 Å². The summed E-state index contributed by atoms with van der Waals surface area (Å²) in [5, 5.41) is 8.88. The molecular weight excluding hydrogens is 194 g/mol. The molecule has 0 amide bonds. The van der Waals surface area contributed by atoms with Crippen molar-refractivity contribution in [2.75, 3.05) is 0 Å². The second kappa shape index (κ2) is 4.40. The molecule has 2 rings (SSSR count). The molecule has 5 atom stereocenters. The standard InChI is InChI=1S/C15H25N/c1-11-5-4-9-15(3)13(11)6-7-14(15)12(2)8-10-16/h11-14H,4-9H2,1-3H3/t11?,12-,13?,14?,15-/m0/s1. The number of fused-ring (bicyclic) bond motifs is 1. The van der Waals surface area contributed by atoms with E-state index in [-0.39, 0.29) is 0 Å². The van der Waals surface area contributed by atoms with Gasteiger partial charge in [0.15, 0.2) is 0 Å². The fraction of sp³-hybridized carbons (Fsp3) is 0.933. The predicted octanol–water partition coefficient (Wildman–Crippen LogP) is 4.39. The number of nitrogens with zero attached hydrogens (tertiary/aromatic N) is 1. The molecule has 0 heterocycles. The van der Waals surface area contributed by atoms with Crippen LogP contribution in [0, 0.1) is 40.4 Å². The average molecular weight is 219 g/mol. The van der Waals surface area contributed by atoms with Gasteiger partial charge in [-0.1, -0.05) is 33.6 Å². The van der Waals surface area contributed by atoms with Gasteiger partial charge in [0, 0.05) is 6.42 Å². The summed E-state index contributed by atoms with van der Waals surface area (Å²) in [5.74, 6) is 3.26. The third-order valence-corrected chi connectivity index (χ3v) is 5.64. The topological polar surface area (TPSA) is 23.8 Å².